The predicted octanol–water partition coefficient (Wildman–Crippen LogP) is 4.19. The number of alkyl halides is 3. The molecule has 0 saturated carbocycles. The van der Waals surface area contributed by atoms with Gasteiger partial charge in [-0.15, -0.1) is 0 Å². The van der Waals surface area contributed by atoms with Crippen molar-refractivity contribution < 1.29 is 23.0 Å². The second kappa shape index (κ2) is 6.14. The molecular weight excluding hydrogens is 269 g/mol. The first-order valence-corrected chi connectivity index (χ1v) is 6.54. The summed E-state index contributed by atoms with van der Waals surface area (Å²) in [5.74, 6) is 0. The molecule has 1 N–H and O–H groups in total. The summed E-state index contributed by atoms with van der Waals surface area (Å²) in [5.41, 5.74) is -0.935. The third-order valence-electron chi connectivity index (χ3n) is 3.04. The molecule has 20 heavy (non-hydrogen) atoms. The van der Waals surface area contributed by atoms with Gasteiger partial charge >= 0.3 is 6.18 Å². The van der Waals surface area contributed by atoms with Gasteiger partial charge in [0.05, 0.1) is 11.7 Å². The molecule has 0 saturated heterocycles. The Bertz CT molecular complexity index is 435. The average molecular weight is 290 g/mol. The number of benzene rings is 1. The van der Waals surface area contributed by atoms with Gasteiger partial charge in [-0.05, 0) is 30.0 Å². The van der Waals surface area contributed by atoms with Gasteiger partial charge in [0, 0.05) is 6.61 Å². The SMILES string of the molecule is CCOC(C(O)c1cccc(C(F)(F)F)c1)C(C)(C)C. The smallest absolute Gasteiger partial charge is 0.386 e. The van der Waals surface area contributed by atoms with Crippen molar-refractivity contribution in [1.29, 1.82) is 0 Å². The second-order valence-electron chi connectivity index (χ2n) is 5.81. The van der Waals surface area contributed by atoms with Gasteiger partial charge in [-0.2, -0.15) is 13.2 Å². The maximum absolute atomic E-state index is 12.7. The highest BCUT2D eigenvalue weighted by molar-refractivity contribution is 5.28. The molecule has 1 aromatic carbocycles. The third-order valence-corrected chi connectivity index (χ3v) is 3.04. The van der Waals surface area contributed by atoms with Gasteiger partial charge in [-0.3, -0.25) is 0 Å². The summed E-state index contributed by atoms with van der Waals surface area (Å²) in [7, 11) is 0. The number of ether oxygens (including phenoxy) is 1. The minimum atomic E-state index is -4.42. The number of rotatable bonds is 4. The van der Waals surface area contributed by atoms with Crippen LogP contribution in [0.3, 0.4) is 0 Å². The Kier molecular flexibility index (Phi) is 5.21. The molecule has 0 bridgehead atoms. The summed E-state index contributed by atoms with van der Waals surface area (Å²) in [5, 5.41) is 10.3. The third kappa shape index (κ3) is 4.21. The fraction of sp³-hybridized carbons (Fsp3) is 0.600. The van der Waals surface area contributed by atoms with E-state index in [0.29, 0.717) is 6.61 Å². The van der Waals surface area contributed by atoms with E-state index in [1.165, 1.54) is 12.1 Å². The van der Waals surface area contributed by atoms with Crippen LogP contribution in [0.15, 0.2) is 24.3 Å². The van der Waals surface area contributed by atoms with E-state index in [0.717, 1.165) is 12.1 Å². The maximum atomic E-state index is 12.7. The molecule has 2 nitrogen and oxygen atoms in total. The lowest BCUT2D eigenvalue weighted by Gasteiger charge is -2.34. The molecule has 1 rings (SSSR count). The Morgan fingerprint density at radius 1 is 1.20 bits per heavy atom. The van der Waals surface area contributed by atoms with E-state index in [-0.39, 0.29) is 11.0 Å². The summed E-state index contributed by atoms with van der Waals surface area (Å²) < 4.78 is 43.6. The van der Waals surface area contributed by atoms with Gasteiger partial charge in [0.15, 0.2) is 0 Å². The fourth-order valence-electron chi connectivity index (χ4n) is 2.07. The molecule has 0 radical (unpaired) electrons. The first kappa shape index (κ1) is 17.0. The lowest BCUT2D eigenvalue weighted by Crippen LogP contribution is -2.35. The summed E-state index contributed by atoms with van der Waals surface area (Å²) in [6.07, 6.45) is -6.09. The number of hydrogen-bond donors (Lipinski definition) is 1. The Hall–Kier alpha value is -1.07. The highest BCUT2D eigenvalue weighted by atomic mass is 19.4. The van der Waals surface area contributed by atoms with Crippen LogP contribution in [-0.2, 0) is 10.9 Å². The minimum absolute atomic E-state index is 0.216. The second-order valence-corrected chi connectivity index (χ2v) is 5.81. The Morgan fingerprint density at radius 2 is 1.80 bits per heavy atom. The van der Waals surface area contributed by atoms with Gasteiger partial charge in [-0.25, -0.2) is 0 Å². The molecule has 5 heteroatoms. The maximum Gasteiger partial charge on any atom is 0.416 e. The number of halogens is 3. The molecular formula is C15H21F3O2. The quantitative estimate of drug-likeness (QED) is 0.901. The Morgan fingerprint density at radius 3 is 2.25 bits per heavy atom. The summed E-state index contributed by atoms with van der Waals surface area (Å²) in [6.45, 7) is 7.81. The standard InChI is InChI=1S/C15H21F3O2/c1-5-20-13(14(2,3)4)12(19)10-7-6-8-11(9-10)15(16,17)18/h6-9,12-13,19H,5H2,1-4H3. The van der Waals surface area contributed by atoms with Crippen molar-refractivity contribution in [3.8, 4) is 0 Å². The zero-order valence-electron chi connectivity index (χ0n) is 12.2. The molecule has 0 aliphatic heterocycles. The first-order chi connectivity index (χ1) is 9.07. The predicted molar refractivity (Wildman–Crippen MR) is 71.3 cm³/mol. The van der Waals surface area contributed by atoms with Crippen LogP contribution < -0.4 is 0 Å². The molecule has 2 unspecified atom stereocenters. The van der Waals surface area contributed by atoms with E-state index in [1.807, 2.05) is 20.8 Å². The largest absolute Gasteiger partial charge is 0.416 e. The highest BCUT2D eigenvalue weighted by Crippen LogP contribution is 2.35. The van der Waals surface area contributed by atoms with E-state index in [2.05, 4.69) is 0 Å². The van der Waals surface area contributed by atoms with Crippen LogP contribution in [0.4, 0.5) is 13.2 Å². The van der Waals surface area contributed by atoms with Gasteiger partial charge < -0.3 is 9.84 Å². The molecule has 2 atom stereocenters. The molecule has 0 heterocycles. The fourth-order valence-corrected chi connectivity index (χ4v) is 2.07. The number of aliphatic hydroxyl groups excluding tert-OH is 1. The topological polar surface area (TPSA) is 29.5 Å². The molecule has 114 valence electrons. The summed E-state index contributed by atoms with van der Waals surface area (Å²) >= 11 is 0. The molecule has 0 fully saturated rings. The highest BCUT2D eigenvalue weighted by Gasteiger charge is 2.35. The van der Waals surface area contributed by atoms with Crippen molar-refractivity contribution in [2.24, 2.45) is 5.41 Å². The monoisotopic (exact) mass is 290 g/mol. The molecule has 1 aromatic rings. The van der Waals surface area contributed by atoms with Gasteiger partial charge in [-0.1, -0.05) is 32.9 Å². The van der Waals surface area contributed by atoms with Crippen LogP contribution in [0, 0.1) is 5.41 Å². The van der Waals surface area contributed by atoms with E-state index in [4.69, 9.17) is 4.74 Å². The molecule has 0 amide bonds. The van der Waals surface area contributed by atoms with E-state index in [1.54, 1.807) is 6.92 Å². The zero-order valence-corrected chi connectivity index (χ0v) is 12.2. The zero-order chi connectivity index (χ0) is 15.6. The lowest BCUT2D eigenvalue weighted by molar-refractivity contribution is -0.137. The minimum Gasteiger partial charge on any atom is -0.386 e. The first-order valence-electron chi connectivity index (χ1n) is 6.54. The lowest BCUT2D eigenvalue weighted by atomic mass is 9.83. The van der Waals surface area contributed by atoms with Crippen molar-refractivity contribution in [2.45, 2.75) is 46.1 Å². The van der Waals surface area contributed by atoms with Crippen molar-refractivity contribution in [3.63, 3.8) is 0 Å². The van der Waals surface area contributed by atoms with Crippen LogP contribution in [0.2, 0.25) is 0 Å². The van der Waals surface area contributed by atoms with Crippen molar-refractivity contribution >= 4 is 0 Å². The van der Waals surface area contributed by atoms with Crippen LogP contribution in [0.25, 0.3) is 0 Å². The molecule has 0 spiro atoms. The number of aliphatic hydroxyl groups is 1. The summed E-state index contributed by atoms with van der Waals surface area (Å²) in [6, 6.07) is 4.75. The van der Waals surface area contributed by atoms with Crippen LogP contribution in [-0.4, -0.2) is 17.8 Å². The van der Waals surface area contributed by atoms with E-state index < -0.39 is 23.9 Å². The van der Waals surface area contributed by atoms with E-state index in [9.17, 15) is 18.3 Å². The molecule has 0 aliphatic carbocycles. The molecule has 0 aromatic heterocycles. The summed E-state index contributed by atoms with van der Waals surface area (Å²) in [4.78, 5) is 0. The molecule has 0 aliphatic rings. The normalized spacial score (nSPS) is 16.0. The van der Waals surface area contributed by atoms with Crippen molar-refractivity contribution in [2.75, 3.05) is 6.61 Å². The van der Waals surface area contributed by atoms with Crippen LogP contribution in [0.1, 0.15) is 44.9 Å². The van der Waals surface area contributed by atoms with Gasteiger partial charge in [0.25, 0.3) is 0 Å². The Balaban J connectivity index is 3.09. The van der Waals surface area contributed by atoms with Crippen molar-refractivity contribution in [1.82, 2.24) is 0 Å². The number of hydrogen-bond acceptors (Lipinski definition) is 2. The van der Waals surface area contributed by atoms with E-state index >= 15 is 0 Å². The van der Waals surface area contributed by atoms with Crippen molar-refractivity contribution in [3.05, 3.63) is 35.4 Å². The Labute approximate surface area is 117 Å². The van der Waals surface area contributed by atoms with Gasteiger partial charge in [0.2, 0.25) is 0 Å². The van der Waals surface area contributed by atoms with Crippen LogP contribution in [0.5, 0.6) is 0 Å². The van der Waals surface area contributed by atoms with Crippen LogP contribution >= 0.6 is 0 Å². The van der Waals surface area contributed by atoms with Gasteiger partial charge in [0.1, 0.15) is 6.10 Å². The average Bonchev–Trinajstić information content (AvgIpc) is 2.33.